The lowest BCUT2D eigenvalue weighted by molar-refractivity contribution is -0.113. The molecule has 0 aliphatic heterocycles. The van der Waals surface area contributed by atoms with Crippen LogP contribution in [0.3, 0.4) is 0 Å². The van der Waals surface area contributed by atoms with Gasteiger partial charge in [-0.15, -0.1) is 5.10 Å². The van der Waals surface area contributed by atoms with Gasteiger partial charge in [-0.2, -0.15) is 9.94 Å². The fourth-order valence-corrected chi connectivity index (χ4v) is 3.14. The number of methoxy groups -OCH3 is 1. The van der Waals surface area contributed by atoms with E-state index in [1.807, 2.05) is 24.3 Å². The van der Waals surface area contributed by atoms with Gasteiger partial charge in [-0.3, -0.25) is 4.79 Å². The number of hydrogen-bond donors (Lipinski definition) is 1. The van der Waals surface area contributed by atoms with Crippen LogP contribution in [0.1, 0.15) is 5.56 Å². The zero-order valence-electron chi connectivity index (χ0n) is 14.1. The molecule has 0 aliphatic rings. The van der Waals surface area contributed by atoms with E-state index in [1.54, 1.807) is 25.3 Å². The molecule has 3 rings (SSSR count). The quantitative estimate of drug-likeness (QED) is 0.634. The van der Waals surface area contributed by atoms with Gasteiger partial charge < -0.3 is 10.1 Å². The molecule has 3 aromatic rings. The van der Waals surface area contributed by atoms with Gasteiger partial charge in [0.15, 0.2) is 0 Å². The summed E-state index contributed by atoms with van der Waals surface area (Å²) in [5.41, 5.74) is 1.53. The highest BCUT2D eigenvalue weighted by molar-refractivity contribution is 7.99. The van der Waals surface area contributed by atoms with Crippen LogP contribution in [0, 0.1) is 11.3 Å². The van der Waals surface area contributed by atoms with Crippen LogP contribution >= 0.6 is 23.4 Å². The number of para-hydroxylation sites is 2. The lowest BCUT2D eigenvalue weighted by Crippen LogP contribution is -2.14. The molecule has 0 bridgehead atoms. The summed E-state index contributed by atoms with van der Waals surface area (Å²) in [5, 5.41) is 23.9. The first-order valence-electron chi connectivity index (χ1n) is 7.66. The third-order valence-corrected chi connectivity index (χ3v) is 4.69. The third-order valence-electron chi connectivity index (χ3n) is 3.46. The van der Waals surface area contributed by atoms with Gasteiger partial charge in [0, 0.05) is 5.69 Å². The summed E-state index contributed by atoms with van der Waals surface area (Å²) < 4.78 is 6.83. The molecule has 1 N–H and O–H groups in total. The number of nitrogens with one attached hydrogen (secondary N) is 1. The number of amides is 1. The monoisotopic (exact) mass is 400 g/mol. The molecule has 0 atom stereocenters. The molecular formula is C17H13ClN6O2S. The number of anilines is 1. The molecule has 0 saturated carbocycles. The van der Waals surface area contributed by atoms with Crippen LogP contribution in [0.2, 0.25) is 5.02 Å². The number of nitrogens with zero attached hydrogens (tertiary/aromatic N) is 5. The smallest absolute Gasteiger partial charge is 0.234 e. The highest BCUT2D eigenvalue weighted by Crippen LogP contribution is 2.26. The number of thioether (sulfide) groups is 1. The average Bonchev–Trinajstić information content (AvgIpc) is 3.15. The number of tetrazole rings is 1. The second-order valence-corrected chi connectivity index (χ2v) is 6.54. The summed E-state index contributed by atoms with van der Waals surface area (Å²) in [6, 6.07) is 14.0. The van der Waals surface area contributed by atoms with Gasteiger partial charge >= 0.3 is 0 Å². The molecular weight excluding hydrogens is 388 g/mol. The minimum atomic E-state index is -0.254. The number of rotatable bonds is 6. The summed E-state index contributed by atoms with van der Waals surface area (Å²) in [6.45, 7) is 0. The molecule has 10 heteroatoms. The van der Waals surface area contributed by atoms with Crippen molar-refractivity contribution >= 4 is 35.0 Å². The fraction of sp³-hybridized carbons (Fsp3) is 0.118. The van der Waals surface area contributed by atoms with Crippen molar-refractivity contribution < 1.29 is 9.53 Å². The Hall–Kier alpha value is -3.09. The van der Waals surface area contributed by atoms with Crippen molar-refractivity contribution in [3.8, 4) is 17.5 Å². The van der Waals surface area contributed by atoms with Crippen LogP contribution in [0.4, 0.5) is 5.69 Å². The standard InChI is InChI=1S/C17H13ClN6O2S/c1-26-15-5-3-2-4-14(15)24-17(21-22-23-24)27-10-16(25)20-12-7-6-11(9-19)13(18)8-12/h2-8H,10H2,1H3,(H,20,25). The zero-order valence-corrected chi connectivity index (χ0v) is 15.7. The van der Waals surface area contributed by atoms with Crippen molar-refractivity contribution in [3.63, 3.8) is 0 Å². The van der Waals surface area contributed by atoms with Crippen LogP contribution in [0.15, 0.2) is 47.6 Å². The minimum absolute atomic E-state index is 0.0904. The van der Waals surface area contributed by atoms with Gasteiger partial charge in [-0.1, -0.05) is 35.5 Å². The Morgan fingerprint density at radius 3 is 2.93 bits per heavy atom. The Labute approximate surface area is 164 Å². The van der Waals surface area contributed by atoms with Gasteiger partial charge in [0.25, 0.3) is 0 Å². The lowest BCUT2D eigenvalue weighted by atomic mass is 10.2. The maximum atomic E-state index is 12.2. The predicted molar refractivity (Wildman–Crippen MR) is 101 cm³/mol. The molecule has 27 heavy (non-hydrogen) atoms. The molecule has 8 nitrogen and oxygen atoms in total. The van der Waals surface area contributed by atoms with E-state index in [-0.39, 0.29) is 16.7 Å². The Balaban J connectivity index is 1.68. The van der Waals surface area contributed by atoms with Crippen LogP contribution in [-0.2, 0) is 4.79 Å². The van der Waals surface area contributed by atoms with E-state index in [2.05, 4.69) is 20.8 Å². The average molecular weight is 401 g/mol. The SMILES string of the molecule is COc1ccccc1-n1nnnc1SCC(=O)Nc1ccc(C#N)c(Cl)c1. The highest BCUT2D eigenvalue weighted by Gasteiger charge is 2.15. The van der Waals surface area contributed by atoms with Crippen molar-refractivity contribution in [3.05, 3.63) is 53.1 Å². The second kappa shape index (κ2) is 8.53. The third kappa shape index (κ3) is 4.36. The molecule has 0 radical (unpaired) electrons. The van der Waals surface area contributed by atoms with Crippen LogP contribution in [0.5, 0.6) is 5.75 Å². The summed E-state index contributed by atoms with van der Waals surface area (Å²) in [6.07, 6.45) is 0. The van der Waals surface area contributed by atoms with Gasteiger partial charge in [0.05, 0.1) is 23.4 Å². The molecule has 1 amide bonds. The molecule has 0 aliphatic carbocycles. The lowest BCUT2D eigenvalue weighted by Gasteiger charge is -2.09. The zero-order chi connectivity index (χ0) is 19.2. The molecule has 0 unspecified atom stereocenters. The number of hydrogen-bond acceptors (Lipinski definition) is 7. The van der Waals surface area contributed by atoms with E-state index in [0.717, 1.165) is 0 Å². The molecule has 1 heterocycles. The summed E-state index contributed by atoms with van der Waals surface area (Å²) in [4.78, 5) is 12.2. The Kier molecular flexibility index (Phi) is 5.90. The van der Waals surface area contributed by atoms with E-state index in [0.29, 0.717) is 27.8 Å². The number of ether oxygens (including phenoxy) is 1. The van der Waals surface area contributed by atoms with Crippen molar-refractivity contribution in [2.75, 3.05) is 18.2 Å². The Bertz CT molecular complexity index is 1020. The maximum Gasteiger partial charge on any atom is 0.234 e. The first-order chi connectivity index (χ1) is 13.1. The second-order valence-electron chi connectivity index (χ2n) is 5.19. The minimum Gasteiger partial charge on any atom is -0.494 e. The van der Waals surface area contributed by atoms with Crippen molar-refractivity contribution in [2.45, 2.75) is 5.16 Å². The first-order valence-corrected chi connectivity index (χ1v) is 9.03. The number of carbonyl (C=O) groups is 1. The normalized spacial score (nSPS) is 10.3. The van der Waals surface area contributed by atoms with Crippen LogP contribution in [-0.4, -0.2) is 39.0 Å². The Morgan fingerprint density at radius 2 is 2.19 bits per heavy atom. The molecule has 0 spiro atoms. The van der Waals surface area contributed by atoms with Crippen LogP contribution < -0.4 is 10.1 Å². The van der Waals surface area contributed by atoms with Gasteiger partial charge in [-0.05, 0) is 40.8 Å². The number of halogens is 1. The highest BCUT2D eigenvalue weighted by atomic mass is 35.5. The number of carbonyl (C=O) groups excluding carboxylic acids is 1. The number of benzene rings is 2. The molecule has 136 valence electrons. The van der Waals surface area contributed by atoms with E-state index in [4.69, 9.17) is 21.6 Å². The topological polar surface area (TPSA) is 106 Å². The molecule has 2 aromatic carbocycles. The van der Waals surface area contributed by atoms with Crippen LogP contribution in [0.25, 0.3) is 5.69 Å². The summed E-state index contributed by atoms with van der Waals surface area (Å²) in [7, 11) is 1.56. The van der Waals surface area contributed by atoms with Crippen molar-refractivity contribution in [2.24, 2.45) is 0 Å². The van der Waals surface area contributed by atoms with E-state index in [9.17, 15) is 4.79 Å². The summed E-state index contributed by atoms with van der Waals surface area (Å²) >= 11 is 7.15. The first kappa shape index (κ1) is 18.7. The van der Waals surface area contributed by atoms with E-state index in [1.165, 1.54) is 22.5 Å². The van der Waals surface area contributed by atoms with E-state index >= 15 is 0 Å². The van der Waals surface area contributed by atoms with Gasteiger partial charge in [0.1, 0.15) is 17.5 Å². The van der Waals surface area contributed by atoms with Crippen molar-refractivity contribution in [1.29, 1.82) is 5.26 Å². The van der Waals surface area contributed by atoms with Gasteiger partial charge in [-0.25, -0.2) is 0 Å². The molecule has 0 fully saturated rings. The Morgan fingerprint density at radius 1 is 1.37 bits per heavy atom. The van der Waals surface area contributed by atoms with E-state index < -0.39 is 0 Å². The maximum absolute atomic E-state index is 12.2. The number of aromatic nitrogens is 4. The summed E-state index contributed by atoms with van der Waals surface area (Å²) in [5.74, 6) is 0.450. The van der Waals surface area contributed by atoms with Gasteiger partial charge in [0.2, 0.25) is 11.1 Å². The molecule has 0 saturated heterocycles. The fourth-order valence-electron chi connectivity index (χ4n) is 2.24. The van der Waals surface area contributed by atoms with Crippen molar-refractivity contribution in [1.82, 2.24) is 20.2 Å². The number of nitriles is 1. The molecule has 1 aromatic heterocycles. The largest absolute Gasteiger partial charge is 0.494 e. The predicted octanol–water partition coefficient (Wildman–Crippen LogP) is 2.93.